The van der Waals surface area contributed by atoms with E-state index in [9.17, 15) is 9.59 Å². The lowest BCUT2D eigenvalue weighted by Crippen LogP contribution is -2.41. The van der Waals surface area contributed by atoms with Gasteiger partial charge in [-0.15, -0.1) is 11.3 Å². The van der Waals surface area contributed by atoms with Gasteiger partial charge in [-0.3, -0.25) is 14.3 Å². The molecule has 4 aromatic rings. The summed E-state index contributed by atoms with van der Waals surface area (Å²) < 4.78 is 1.76. The fourth-order valence-corrected chi connectivity index (χ4v) is 5.11. The summed E-state index contributed by atoms with van der Waals surface area (Å²) in [5, 5.41) is 11.4. The number of fused-ring (bicyclic) bond motifs is 1. The summed E-state index contributed by atoms with van der Waals surface area (Å²) in [6, 6.07) is 9.14. The molecule has 1 aromatic carbocycles. The second-order valence-electron chi connectivity index (χ2n) is 7.07. The maximum Gasteiger partial charge on any atom is 0.262 e. The van der Waals surface area contributed by atoms with Gasteiger partial charge in [0.05, 0.1) is 15.4 Å². The average Bonchev–Trinajstić information content (AvgIpc) is 3.40. The van der Waals surface area contributed by atoms with Gasteiger partial charge < -0.3 is 10.6 Å². The Balaban J connectivity index is 1.42. The van der Waals surface area contributed by atoms with Crippen LogP contribution in [-0.2, 0) is 11.8 Å². The lowest BCUT2D eigenvalue weighted by Gasteiger charge is -2.12. The highest BCUT2D eigenvalue weighted by molar-refractivity contribution is 7.20. The molecule has 0 radical (unpaired) electrons. The van der Waals surface area contributed by atoms with E-state index in [1.165, 1.54) is 22.7 Å². The third-order valence-electron chi connectivity index (χ3n) is 4.81. The average molecular weight is 440 g/mol. The summed E-state index contributed by atoms with van der Waals surface area (Å²) in [5.74, 6) is -0.592. The molecule has 0 saturated carbocycles. The number of hydrogen-bond donors (Lipinski definition) is 2. The van der Waals surface area contributed by atoms with Gasteiger partial charge in [0.2, 0.25) is 5.91 Å². The molecule has 3 heterocycles. The molecule has 3 aromatic heterocycles. The minimum absolute atomic E-state index is 0.280. The molecule has 0 bridgehead atoms. The van der Waals surface area contributed by atoms with Crippen LogP contribution in [0.3, 0.4) is 0 Å². The molecule has 0 spiro atoms. The molecule has 1 atom stereocenters. The quantitative estimate of drug-likeness (QED) is 0.489. The van der Waals surface area contributed by atoms with Crippen molar-refractivity contribution in [3.63, 3.8) is 0 Å². The second-order valence-corrected chi connectivity index (χ2v) is 9.13. The number of amides is 2. The smallest absolute Gasteiger partial charge is 0.262 e. The Morgan fingerprint density at radius 2 is 1.93 bits per heavy atom. The third kappa shape index (κ3) is 3.86. The molecule has 7 nitrogen and oxygen atoms in total. The first-order chi connectivity index (χ1) is 14.3. The molecule has 30 heavy (non-hydrogen) atoms. The summed E-state index contributed by atoms with van der Waals surface area (Å²) in [4.78, 5) is 31.9. The summed E-state index contributed by atoms with van der Waals surface area (Å²) in [5.41, 5.74) is 3.11. The molecule has 2 amide bonds. The second kappa shape index (κ2) is 8.00. The zero-order valence-corrected chi connectivity index (χ0v) is 18.6. The van der Waals surface area contributed by atoms with Gasteiger partial charge in [-0.25, -0.2) is 4.98 Å². The van der Waals surface area contributed by atoms with Crippen molar-refractivity contribution >= 4 is 49.8 Å². The van der Waals surface area contributed by atoms with Crippen molar-refractivity contribution in [2.24, 2.45) is 7.05 Å². The summed E-state index contributed by atoms with van der Waals surface area (Å²) in [6.07, 6.45) is 1.75. The number of nitrogens with one attached hydrogen (secondary N) is 2. The number of carbonyl (C=O) groups is 2. The Bertz CT molecular complexity index is 1220. The Hall–Kier alpha value is -3.04. The number of nitrogens with zero attached hydrogens (tertiary/aromatic N) is 3. The number of thiazole rings is 1. The molecule has 2 N–H and O–H groups in total. The first-order valence-corrected chi connectivity index (χ1v) is 11.0. The van der Waals surface area contributed by atoms with E-state index in [2.05, 4.69) is 20.7 Å². The number of aromatic nitrogens is 3. The van der Waals surface area contributed by atoms with Crippen molar-refractivity contribution in [2.45, 2.75) is 26.8 Å². The van der Waals surface area contributed by atoms with E-state index >= 15 is 0 Å². The van der Waals surface area contributed by atoms with Gasteiger partial charge in [0, 0.05) is 18.6 Å². The number of rotatable bonds is 5. The van der Waals surface area contributed by atoms with E-state index in [4.69, 9.17) is 0 Å². The molecule has 0 saturated heterocycles. The van der Waals surface area contributed by atoms with Crippen molar-refractivity contribution < 1.29 is 9.59 Å². The molecule has 1 unspecified atom stereocenters. The maximum absolute atomic E-state index is 12.6. The van der Waals surface area contributed by atoms with Crippen LogP contribution in [0.4, 0.5) is 5.13 Å². The molecular formula is C21H21N5O2S2. The van der Waals surface area contributed by atoms with Crippen molar-refractivity contribution in [3.8, 4) is 10.4 Å². The largest absolute Gasteiger partial charge is 0.340 e. The van der Waals surface area contributed by atoms with E-state index < -0.39 is 6.04 Å². The molecule has 154 valence electrons. The van der Waals surface area contributed by atoms with E-state index in [0.29, 0.717) is 10.0 Å². The number of thiophene rings is 1. The van der Waals surface area contributed by atoms with Gasteiger partial charge in [0.15, 0.2) is 5.13 Å². The molecular weight excluding hydrogens is 418 g/mol. The minimum Gasteiger partial charge on any atom is -0.340 e. The fraction of sp³-hybridized carbons (Fsp3) is 0.238. The maximum atomic E-state index is 12.6. The fourth-order valence-electron chi connectivity index (χ4n) is 3.17. The molecule has 0 aliphatic carbocycles. The van der Waals surface area contributed by atoms with Crippen molar-refractivity contribution in [2.75, 3.05) is 5.32 Å². The number of hydrogen-bond acceptors (Lipinski definition) is 6. The van der Waals surface area contributed by atoms with E-state index in [0.717, 1.165) is 31.9 Å². The number of aryl methyl sites for hydroxylation is 3. The molecule has 0 aliphatic heterocycles. The van der Waals surface area contributed by atoms with Crippen LogP contribution in [0.2, 0.25) is 0 Å². The van der Waals surface area contributed by atoms with Crippen LogP contribution >= 0.6 is 22.7 Å². The van der Waals surface area contributed by atoms with Crippen LogP contribution in [-0.4, -0.2) is 32.6 Å². The van der Waals surface area contributed by atoms with Gasteiger partial charge in [-0.2, -0.15) is 5.10 Å². The van der Waals surface area contributed by atoms with Crippen molar-refractivity contribution in [1.29, 1.82) is 0 Å². The molecule has 4 rings (SSSR count). The van der Waals surface area contributed by atoms with Gasteiger partial charge >= 0.3 is 0 Å². The lowest BCUT2D eigenvalue weighted by atomic mass is 10.1. The molecule has 0 fully saturated rings. The summed E-state index contributed by atoms with van der Waals surface area (Å²) in [6.45, 7) is 5.60. The summed E-state index contributed by atoms with van der Waals surface area (Å²) >= 11 is 2.76. The van der Waals surface area contributed by atoms with Crippen LogP contribution in [0.1, 0.15) is 27.9 Å². The highest BCUT2D eigenvalue weighted by atomic mass is 32.1. The third-order valence-corrected chi connectivity index (χ3v) is 6.95. The van der Waals surface area contributed by atoms with Gasteiger partial charge in [-0.05, 0) is 38.0 Å². The number of carbonyl (C=O) groups excluding carboxylic acids is 2. The Morgan fingerprint density at radius 1 is 1.17 bits per heavy atom. The zero-order valence-electron chi connectivity index (χ0n) is 17.0. The number of anilines is 1. The lowest BCUT2D eigenvalue weighted by molar-refractivity contribution is -0.117. The summed E-state index contributed by atoms with van der Waals surface area (Å²) in [7, 11) is 1.85. The minimum atomic E-state index is -0.701. The van der Waals surface area contributed by atoms with Crippen LogP contribution in [0.5, 0.6) is 0 Å². The zero-order chi connectivity index (χ0) is 21.4. The first kappa shape index (κ1) is 20.2. The predicted octanol–water partition coefficient (Wildman–Crippen LogP) is 4.13. The first-order valence-electron chi connectivity index (χ1n) is 9.40. The van der Waals surface area contributed by atoms with Crippen molar-refractivity contribution in [3.05, 3.63) is 52.7 Å². The number of benzene rings is 1. The monoisotopic (exact) mass is 439 g/mol. The topological polar surface area (TPSA) is 88.9 Å². The molecule has 0 aliphatic rings. The van der Waals surface area contributed by atoms with Crippen LogP contribution in [0, 0.1) is 13.8 Å². The van der Waals surface area contributed by atoms with E-state index in [1.54, 1.807) is 17.8 Å². The van der Waals surface area contributed by atoms with E-state index in [1.807, 2.05) is 51.2 Å². The highest BCUT2D eigenvalue weighted by Gasteiger charge is 2.21. The van der Waals surface area contributed by atoms with Crippen LogP contribution in [0.25, 0.3) is 20.7 Å². The normalized spacial score (nSPS) is 12.1. The molecule has 9 heteroatoms. The Morgan fingerprint density at radius 3 is 2.67 bits per heavy atom. The SMILES string of the molecule is Cc1ccccc1-c1cnc(NC(=O)C(C)NC(=O)c2cc3c(C)nn(C)c3s2)s1. The van der Waals surface area contributed by atoms with Crippen LogP contribution in [0.15, 0.2) is 36.5 Å². The predicted molar refractivity (Wildman–Crippen MR) is 121 cm³/mol. The Kier molecular flexibility index (Phi) is 5.40. The Labute approximate surface area is 181 Å². The highest BCUT2D eigenvalue weighted by Crippen LogP contribution is 2.31. The standard InChI is InChI=1S/C21H21N5O2S2/c1-11-7-5-6-8-14(11)17-10-22-21(30-17)24-18(27)13(3)23-19(28)16-9-15-12(2)25-26(4)20(15)29-16/h5-10,13H,1-4H3,(H,23,28)(H,22,24,27). The van der Waals surface area contributed by atoms with Gasteiger partial charge in [-0.1, -0.05) is 35.6 Å². The van der Waals surface area contributed by atoms with Crippen LogP contribution < -0.4 is 10.6 Å². The van der Waals surface area contributed by atoms with E-state index in [-0.39, 0.29) is 11.8 Å². The van der Waals surface area contributed by atoms with Gasteiger partial charge in [0.25, 0.3) is 5.91 Å². The van der Waals surface area contributed by atoms with Gasteiger partial charge in [0.1, 0.15) is 10.9 Å². The van der Waals surface area contributed by atoms with Crippen molar-refractivity contribution in [1.82, 2.24) is 20.1 Å².